The average molecular weight is 373 g/mol. The van der Waals surface area contributed by atoms with E-state index in [0.29, 0.717) is 25.2 Å². The van der Waals surface area contributed by atoms with E-state index >= 15 is 0 Å². The Labute approximate surface area is 151 Å². The maximum absolute atomic E-state index is 12.6. The molecule has 0 unspecified atom stereocenters. The van der Waals surface area contributed by atoms with Crippen LogP contribution < -0.4 is 5.73 Å². The number of hydrogen-bond donors (Lipinski definition) is 1. The van der Waals surface area contributed by atoms with E-state index in [9.17, 15) is 18.0 Å². The minimum Gasteiger partial charge on any atom is -0.337 e. The molecule has 2 aromatic carbocycles. The Morgan fingerprint density at radius 1 is 0.960 bits per heavy atom. The van der Waals surface area contributed by atoms with Gasteiger partial charge < -0.3 is 10.6 Å². The first-order chi connectivity index (χ1) is 11.4. The van der Waals surface area contributed by atoms with Crippen LogP contribution in [0.3, 0.4) is 0 Å². The van der Waals surface area contributed by atoms with Crippen molar-refractivity contribution in [3.05, 3.63) is 71.3 Å². The molecule has 2 aromatic rings. The largest absolute Gasteiger partial charge is 0.416 e. The van der Waals surface area contributed by atoms with Crippen molar-refractivity contribution in [3.8, 4) is 0 Å². The zero-order valence-corrected chi connectivity index (χ0v) is 14.3. The van der Waals surface area contributed by atoms with E-state index in [1.807, 2.05) is 30.3 Å². The van der Waals surface area contributed by atoms with E-state index in [-0.39, 0.29) is 24.7 Å². The Balaban J connectivity index is 0.00000312. The Hall–Kier alpha value is -2.05. The molecule has 2 N–H and O–H groups in total. The average Bonchev–Trinajstić information content (AvgIpc) is 2.55. The van der Waals surface area contributed by atoms with Crippen LogP contribution >= 0.6 is 12.4 Å². The van der Waals surface area contributed by atoms with Gasteiger partial charge in [-0.15, -0.1) is 12.4 Å². The minimum atomic E-state index is -4.37. The third kappa shape index (κ3) is 6.40. The van der Waals surface area contributed by atoms with Gasteiger partial charge in [0.1, 0.15) is 0 Å². The zero-order chi connectivity index (χ0) is 17.6. The minimum absolute atomic E-state index is 0. The quantitative estimate of drug-likeness (QED) is 0.841. The van der Waals surface area contributed by atoms with Crippen molar-refractivity contribution in [1.29, 1.82) is 0 Å². The van der Waals surface area contributed by atoms with Gasteiger partial charge in [0, 0.05) is 19.6 Å². The van der Waals surface area contributed by atoms with E-state index in [1.54, 1.807) is 4.90 Å². The van der Waals surface area contributed by atoms with Crippen molar-refractivity contribution in [3.63, 3.8) is 0 Å². The number of carbonyl (C=O) groups excluding carboxylic acids is 1. The first kappa shape index (κ1) is 21.0. The fraction of sp³-hybridized carbons (Fsp3) is 0.278. The van der Waals surface area contributed by atoms with Crippen molar-refractivity contribution in [2.24, 2.45) is 5.73 Å². The van der Waals surface area contributed by atoms with E-state index in [1.165, 1.54) is 12.1 Å². The number of benzene rings is 2. The van der Waals surface area contributed by atoms with Gasteiger partial charge in [-0.05, 0) is 23.3 Å². The number of amides is 1. The maximum Gasteiger partial charge on any atom is 0.416 e. The molecule has 0 atom stereocenters. The van der Waals surface area contributed by atoms with Crippen LogP contribution in [-0.2, 0) is 23.9 Å². The van der Waals surface area contributed by atoms with Crippen LogP contribution in [0.2, 0.25) is 0 Å². The van der Waals surface area contributed by atoms with E-state index < -0.39 is 11.7 Å². The second kappa shape index (κ2) is 9.44. The number of halogens is 4. The molecule has 25 heavy (non-hydrogen) atoms. The Morgan fingerprint density at radius 2 is 1.56 bits per heavy atom. The summed E-state index contributed by atoms with van der Waals surface area (Å²) in [5, 5.41) is 0. The van der Waals surface area contributed by atoms with Crippen LogP contribution in [0.25, 0.3) is 0 Å². The normalized spacial score (nSPS) is 10.9. The number of nitrogens with two attached hydrogens (primary N) is 1. The van der Waals surface area contributed by atoms with Crippen LogP contribution in [0.15, 0.2) is 54.6 Å². The molecule has 0 saturated heterocycles. The molecule has 0 aromatic heterocycles. The summed E-state index contributed by atoms with van der Waals surface area (Å²) in [6, 6.07) is 14.1. The molecule has 0 aliphatic heterocycles. The number of rotatable bonds is 6. The molecule has 0 spiro atoms. The van der Waals surface area contributed by atoms with Gasteiger partial charge in [-0.2, -0.15) is 13.2 Å². The first-order valence-corrected chi connectivity index (χ1v) is 7.58. The van der Waals surface area contributed by atoms with Crippen molar-refractivity contribution >= 4 is 18.3 Å². The maximum atomic E-state index is 12.6. The number of nitrogens with zero attached hydrogens (tertiary/aromatic N) is 1. The van der Waals surface area contributed by atoms with Crippen molar-refractivity contribution < 1.29 is 18.0 Å². The molecule has 2 rings (SSSR count). The predicted molar refractivity (Wildman–Crippen MR) is 93.3 cm³/mol. The molecule has 0 bridgehead atoms. The molecular formula is C18H20ClF3N2O. The molecular weight excluding hydrogens is 353 g/mol. The molecule has 0 aliphatic carbocycles. The lowest BCUT2D eigenvalue weighted by atomic mass is 10.1. The summed E-state index contributed by atoms with van der Waals surface area (Å²) in [5.41, 5.74) is 6.37. The molecule has 0 fully saturated rings. The summed E-state index contributed by atoms with van der Waals surface area (Å²) in [5.74, 6) is -0.163. The van der Waals surface area contributed by atoms with Gasteiger partial charge >= 0.3 is 6.18 Å². The number of alkyl halides is 3. The lowest BCUT2D eigenvalue weighted by Crippen LogP contribution is -2.35. The van der Waals surface area contributed by atoms with Gasteiger partial charge in [0.2, 0.25) is 5.91 Å². The smallest absolute Gasteiger partial charge is 0.337 e. The number of hydrogen-bond acceptors (Lipinski definition) is 2. The predicted octanol–water partition coefficient (Wildman–Crippen LogP) is 3.66. The zero-order valence-electron chi connectivity index (χ0n) is 13.5. The highest BCUT2D eigenvalue weighted by atomic mass is 35.5. The van der Waals surface area contributed by atoms with E-state index in [2.05, 4.69) is 0 Å². The summed E-state index contributed by atoms with van der Waals surface area (Å²) in [6.45, 7) is 1.15. The third-order valence-electron chi connectivity index (χ3n) is 3.60. The molecule has 0 aliphatic rings. The summed E-state index contributed by atoms with van der Waals surface area (Å²) >= 11 is 0. The molecule has 0 heterocycles. The molecule has 7 heteroatoms. The SMILES string of the molecule is Cl.NCCN(Cc1ccccc1)C(=O)Cc1ccc(C(F)(F)F)cc1. The second-order valence-electron chi connectivity index (χ2n) is 5.46. The topological polar surface area (TPSA) is 46.3 Å². The Morgan fingerprint density at radius 3 is 2.08 bits per heavy atom. The molecule has 1 amide bonds. The highest BCUT2D eigenvalue weighted by molar-refractivity contribution is 5.85. The van der Waals surface area contributed by atoms with Crippen LogP contribution in [0.4, 0.5) is 13.2 Å². The second-order valence-corrected chi connectivity index (χ2v) is 5.46. The van der Waals surface area contributed by atoms with Gasteiger partial charge in [0.15, 0.2) is 0 Å². The van der Waals surface area contributed by atoms with Gasteiger partial charge in [-0.25, -0.2) is 0 Å². The Bertz CT molecular complexity index is 660. The van der Waals surface area contributed by atoms with E-state index in [0.717, 1.165) is 17.7 Å². The van der Waals surface area contributed by atoms with Crippen LogP contribution in [-0.4, -0.2) is 23.9 Å². The van der Waals surface area contributed by atoms with Crippen LogP contribution in [0.5, 0.6) is 0 Å². The monoisotopic (exact) mass is 372 g/mol. The molecule has 0 radical (unpaired) electrons. The van der Waals surface area contributed by atoms with Gasteiger partial charge in [-0.1, -0.05) is 42.5 Å². The van der Waals surface area contributed by atoms with Gasteiger partial charge in [0.25, 0.3) is 0 Å². The van der Waals surface area contributed by atoms with Crippen molar-refractivity contribution in [2.45, 2.75) is 19.1 Å². The Kier molecular flexibility index (Phi) is 7.93. The van der Waals surface area contributed by atoms with Crippen molar-refractivity contribution in [1.82, 2.24) is 4.90 Å². The van der Waals surface area contributed by atoms with E-state index in [4.69, 9.17) is 5.73 Å². The lowest BCUT2D eigenvalue weighted by Gasteiger charge is -2.22. The van der Waals surface area contributed by atoms with Crippen LogP contribution in [0.1, 0.15) is 16.7 Å². The lowest BCUT2D eigenvalue weighted by molar-refractivity contribution is -0.137. The van der Waals surface area contributed by atoms with Crippen LogP contribution in [0, 0.1) is 0 Å². The molecule has 3 nitrogen and oxygen atoms in total. The van der Waals surface area contributed by atoms with Gasteiger partial charge in [-0.3, -0.25) is 4.79 Å². The standard InChI is InChI=1S/C18H19F3N2O.ClH/c19-18(20,21)16-8-6-14(7-9-16)12-17(24)23(11-10-22)13-15-4-2-1-3-5-15;/h1-9H,10-13,22H2;1H. The summed E-state index contributed by atoms with van der Waals surface area (Å²) < 4.78 is 37.7. The molecule has 0 saturated carbocycles. The highest BCUT2D eigenvalue weighted by Gasteiger charge is 2.30. The number of carbonyl (C=O) groups is 1. The summed E-state index contributed by atoms with van der Waals surface area (Å²) in [6.07, 6.45) is -4.33. The summed E-state index contributed by atoms with van der Waals surface area (Å²) in [7, 11) is 0. The van der Waals surface area contributed by atoms with Crippen molar-refractivity contribution in [2.75, 3.05) is 13.1 Å². The molecule has 136 valence electrons. The fourth-order valence-corrected chi connectivity index (χ4v) is 2.35. The summed E-state index contributed by atoms with van der Waals surface area (Å²) in [4.78, 5) is 14.1. The van der Waals surface area contributed by atoms with Gasteiger partial charge in [0.05, 0.1) is 12.0 Å². The third-order valence-corrected chi connectivity index (χ3v) is 3.60. The highest BCUT2D eigenvalue weighted by Crippen LogP contribution is 2.29. The first-order valence-electron chi connectivity index (χ1n) is 7.58. The fourth-order valence-electron chi connectivity index (χ4n) is 2.35.